The number of alkyl halides is 3. The molecule has 1 aliphatic heterocycles. The number of carbonyl (C=O) groups is 1. The van der Waals surface area contributed by atoms with E-state index < -0.39 is 17.6 Å². The molecular weight excluding hydrogens is 365 g/mol. The topological polar surface area (TPSA) is 71.0 Å². The largest absolute Gasteiger partial charge is 0.573 e. The molecule has 2 amide bonds. The minimum Gasteiger partial charge on any atom is -0.490 e. The highest BCUT2D eigenvalue weighted by molar-refractivity contribution is 5.79. The van der Waals surface area contributed by atoms with Gasteiger partial charge in [-0.05, 0) is 39.3 Å². The van der Waals surface area contributed by atoms with E-state index in [1.54, 1.807) is 26.8 Å². The Balaban J connectivity index is 1.63. The summed E-state index contributed by atoms with van der Waals surface area (Å²) in [7, 11) is 0. The number of aryl methyl sites for hydroxylation is 1. The van der Waals surface area contributed by atoms with Crippen molar-refractivity contribution >= 4 is 6.03 Å². The zero-order valence-corrected chi connectivity index (χ0v) is 15.6. The summed E-state index contributed by atoms with van der Waals surface area (Å²) in [5, 5.41) is 13.5. The van der Waals surface area contributed by atoms with Crippen LogP contribution in [-0.2, 0) is 0 Å². The van der Waals surface area contributed by atoms with E-state index in [-0.39, 0.29) is 29.7 Å². The quantitative estimate of drug-likeness (QED) is 0.830. The Morgan fingerprint density at radius 3 is 2.41 bits per heavy atom. The minimum absolute atomic E-state index is 0.205. The van der Waals surface area contributed by atoms with Crippen LogP contribution in [0.1, 0.15) is 39.2 Å². The van der Waals surface area contributed by atoms with Crippen LogP contribution >= 0.6 is 0 Å². The Labute approximate surface area is 155 Å². The third-order valence-corrected chi connectivity index (χ3v) is 5.41. The van der Waals surface area contributed by atoms with Gasteiger partial charge in [-0.1, -0.05) is 6.07 Å². The maximum absolute atomic E-state index is 12.5. The van der Waals surface area contributed by atoms with E-state index in [0.29, 0.717) is 18.4 Å². The van der Waals surface area contributed by atoms with Crippen LogP contribution in [0.15, 0.2) is 18.2 Å². The van der Waals surface area contributed by atoms with Crippen molar-refractivity contribution in [2.24, 2.45) is 0 Å². The number of rotatable bonds is 4. The number of aliphatic hydroxyl groups is 1. The number of carbonyl (C=O) groups excluding carboxylic acids is 1. The number of nitrogens with one attached hydrogen (secondary N) is 1. The molecule has 1 aromatic carbocycles. The molecule has 27 heavy (non-hydrogen) atoms. The Kier molecular flexibility index (Phi) is 4.49. The number of benzene rings is 1. The number of hydrogen-bond donors (Lipinski definition) is 2. The van der Waals surface area contributed by atoms with E-state index >= 15 is 0 Å². The second-order valence-corrected chi connectivity index (χ2v) is 7.79. The molecule has 1 aromatic rings. The molecule has 2 aliphatic rings. The lowest BCUT2D eigenvalue weighted by Crippen LogP contribution is -2.61. The average Bonchev–Trinajstić information content (AvgIpc) is 2.61. The molecule has 0 spiro atoms. The SMILES string of the molecule is Cc1ccc(O[C@H]2C[C@@H](N3C(=O)NC(C)(C)C3(C)O)C2)cc1OC(F)(F)F. The van der Waals surface area contributed by atoms with Crippen LogP contribution in [0.2, 0.25) is 0 Å². The van der Waals surface area contributed by atoms with E-state index in [1.807, 2.05) is 0 Å². The van der Waals surface area contributed by atoms with Crippen LogP contribution in [0.25, 0.3) is 0 Å². The van der Waals surface area contributed by atoms with E-state index in [0.717, 1.165) is 0 Å². The molecule has 0 bridgehead atoms. The summed E-state index contributed by atoms with van der Waals surface area (Å²) in [6, 6.07) is 3.73. The van der Waals surface area contributed by atoms with Gasteiger partial charge < -0.3 is 19.9 Å². The molecule has 0 aromatic heterocycles. The van der Waals surface area contributed by atoms with Gasteiger partial charge in [0, 0.05) is 24.9 Å². The fraction of sp³-hybridized carbons (Fsp3) is 0.611. The average molecular weight is 388 g/mol. The van der Waals surface area contributed by atoms with Gasteiger partial charge in [-0.3, -0.25) is 4.90 Å². The zero-order valence-electron chi connectivity index (χ0n) is 15.6. The summed E-state index contributed by atoms with van der Waals surface area (Å²) in [4.78, 5) is 13.6. The fourth-order valence-corrected chi connectivity index (χ4v) is 3.39. The summed E-state index contributed by atoms with van der Waals surface area (Å²) in [6.45, 7) is 6.58. The molecular formula is C18H23F3N2O4. The number of urea groups is 1. The number of nitrogens with zero attached hydrogens (tertiary/aromatic N) is 1. The summed E-state index contributed by atoms with van der Waals surface area (Å²) >= 11 is 0. The monoisotopic (exact) mass is 388 g/mol. The van der Waals surface area contributed by atoms with Crippen LogP contribution in [0, 0.1) is 6.92 Å². The summed E-state index contributed by atoms with van der Waals surface area (Å²) in [5.41, 5.74) is -1.80. The van der Waals surface area contributed by atoms with Crippen LogP contribution in [-0.4, -0.2) is 45.8 Å². The Bertz CT molecular complexity index is 743. The van der Waals surface area contributed by atoms with E-state index in [2.05, 4.69) is 10.1 Å². The van der Waals surface area contributed by atoms with Crippen LogP contribution in [0.4, 0.5) is 18.0 Å². The van der Waals surface area contributed by atoms with Crippen molar-refractivity contribution in [2.45, 2.75) is 70.3 Å². The molecule has 1 atom stereocenters. The number of ether oxygens (including phenoxy) is 2. The highest BCUT2D eigenvalue weighted by Gasteiger charge is 2.58. The predicted octanol–water partition coefficient (Wildman–Crippen LogP) is 3.32. The number of halogens is 3. The lowest BCUT2D eigenvalue weighted by molar-refractivity contribution is -0.274. The van der Waals surface area contributed by atoms with Gasteiger partial charge in [-0.2, -0.15) is 0 Å². The summed E-state index contributed by atoms with van der Waals surface area (Å²) in [5.74, 6) is -0.0410. The molecule has 1 aliphatic carbocycles. The third kappa shape index (κ3) is 3.65. The van der Waals surface area contributed by atoms with Gasteiger partial charge in [-0.25, -0.2) is 4.79 Å². The first-order valence-electron chi connectivity index (χ1n) is 8.67. The van der Waals surface area contributed by atoms with Crippen LogP contribution < -0.4 is 14.8 Å². The molecule has 1 saturated heterocycles. The van der Waals surface area contributed by atoms with Gasteiger partial charge in [-0.15, -0.1) is 13.2 Å². The van der Waals surface area contributed by atoms with Crippen molar-refractivity contribution in [2.75, 3.05) is 0 Å². The molecule has 2 fully saturated rings. The lowest BCUT2D eigenvalue weighted by atomic mass is 9.84. The van der Waals surface area contributed by atoms with Crippen molar-refractivity contribution < 1.29 is 32.5 Å². The Hall–Kier alpha value is -2.16. The van der Waals surface area contributed by atoms with Crippen molar-refractivity contribution in [3.8, 4) is 11.5 Å². The van der Waals surface area contributed by atoms with Crippen molar-refractivity contribution in [1.29, 1.82) is 0 Å². The predicted molar refractivity (Wildman–Crippen MR) is 90.4 cm³/mol. The normalized spacial score (nSPS) is 29.9. The van der Waals surface area contributed by atoms with Crippen molar-refractivity contribution in [1.82, 2.24) is 10.2 Å². The lowest BCUT2D eigenvalue weighted by Gasteiger charge is -2.47. The maximum Gasteiger partial charge on any atom is 0.573 e. The molecule has 150 valence electrons. The Morgan fingerprint density at radius 1 is 1.26 bits per heavy atom. The zero-order chi connectivity index (χ0) is 20.2. The van der Waals surface area contributed by atoms with Crippen LogP contribution in [0.5, 0.6) is 11.5 Å². The minimum atomic E-state index is -4.77. The maximum atomic E-state index is 12.5. The molecule has 9 heteroatoms. The molecule has 3 rings (SSSR count). The second kappa shape index (κ2) is 6.19. The first kappa shape index (κ1) is 19.6. The third-order valence-electron chi connectivity index (χ3n) is 5.41. The van der Waals surface area contributed by atoms with Crippen LogP contribution in [0.3, 0.4) is 0 Å². The fourth-order valence-electron chi connectivity index (χ4n) is 3.39. The first-order valence-corrected chi connectivity index (χ1v) is 8.67. The molecule has 1 heterocycles. The number of amides is 2. The molecule has 6 nitrogen and oxygen atoms in total. The van der Waals surface area contributed by atoms with Gasteiger partial charge in [0.25, 0.3) is 0 Å². The summed E-state index contributed by atoms with van der Waals surface area (Å²) in [6.07, 6.45) is -4.08. The second-order valence-electron chi connectivity index (χ2n) is 7.79. The van der Waals surface area contributed by atoms with Crippen molar-refractivity contribution in [3.63, 3.8) is 0 Å². The molecule has 1 saturated carbocycles. The molecule has 1 unspecified atom stereocenters. The molecule has 2 N–H and O–H groups in total. The standard InChI is InChI=1S/C18H23F3N2O4/c1-10-5-6-12(9-14(10)27-18(19,20)21)26-13-7-11(8-13)23-15(24)22-16(2,3)17(23,4)25/h5-6,9,11,13,25H,7-8H2,1-4H3,(H,22,24)/t11-,13+,17?. The first-order chi connectivity index (χ1) is 12.3. The summed E-state index contributed by atoms with van der Waals surface area (Å²) < 4.78 is 47.1. The smallest absolute Gasteiger partial charge is 0.490 e. The number of hydrogen-bond acceptors (Lipinski definition) is 4. The van der Waals surface area contributed by atoms with Gasteiger partial charge in [0.1, 0.15) is 17.6 Å². The highest BCUT2D eigenvalue weighted by atomic mass is 19.4. The van der Waals surface area contributed by atoms with Gasteiger partial charge in [0.2, 0.25) is 0 Å². The van der Waals surface area contributed by atoms with Gasteiger partial charge in [0.05, 0.1) is 5.54 Å². The van der Waals surface area contributed by atoms with Gasteiger partial charge >= 0.3 is 12.4 Å². The molecule has 0 radical (unpaired) electrons. The Morgan fingerprint density at radius 2 is 1.89 bits per heavy atom. The van der Waals surface area contributed by atoms with E-state index in [4.69, 9.17) is 4.74 Å². The van der Waals surface area contributed by atoms with E-state index in [1.165, 1.54) is 24.0 Å². The van der Waals surface area contributed by atoms with Gasteiger partial charge in [0.15, 0.2) is 5.72 Å². The van der Waals surface area contributed by atoms with E-state index in [9.17, 15) is 23.1 Å². The highest BCUT2D eigenvalue weighted by Crippen LogP contribution is 2.41. The van der Waals surface area contributed by atoms with Crippen molar-refractivity contribution in [3.05, 3.63) is 23.8 Å².